The van der Waals surface area contributed by atoms with Gasteiger partial charge in [-0.2, -0.15) is 0 Å². The molecule has 0 aromatic heterocycles. The monoisotopic (exact) mass is 368 g/mol. The molecule has 2 aromatic rings. The van der Waals surface area contributed by atoms with Crippen LogP contribution in [0.15, 0.2) is 42.5 Å². The molecule has 7 heteroatoms. The van der Waals surface area contributed by atoms with Crippen LogP contribution < -0.4 is 21.3 Å². The Balaban J connectivity index is 1.89. The summed E-state index contributed by atoms with van der Waals surface area (Å²) < 4.78 is 0. The SMILES string of the molecule is CC(=O)Nc1ccc(NC(C)C(=O)NC(=O)Nc2ccc(C)cc2C)cc1. The molecule has 2 rings (SSSR count). The quantitative estimate of drug-likeness (QED) is 0.650. The second-order valence-corrected chi connectivity index (χ2v) is 6.39. The van der Waals surface area contributed by atoms with Crippen molar-refractivity contribution in [2.45, 2.75) is 33.7 Å². The minimum atomic E-state index is -0.624. The van der Waals surface area contributed by atoms with Crippen molar-refractivity contribution in [1.82, 2.24) is 5.32 Å². The van der Waals surface area contributed by atoms with Gasteiger partial charge in [0.1, 0.15) is 6.04 Å². The predicted molar refractivity (Wildman–Crippen MR) is 107 cm³/mol. The molecule has 0 bridgehead atoms. The first kappa shape index (κ1) is 20.0. The van der Waals surface area contributed by atoms with Crippen molar-refractivity contribution in [1.29, 1.82) is 0 Å². The Morgan fingerprint density at radius 2 is 1.52 bits per heavy atom. The number of rotatable bonds is 5. The van der Waals surface area contributed by atoms with Gasteiger partial charge in [0, 0.05) is 24.0 Å². The highest BCUT2D eigenvalue weighted by Gasteiger charge is 2.16. The standard InChI is InChI=1S/C20H24N4O3/c1-12-5-10-18(13(2)11-12)23-20(27)24-19(26)14(3)21-16-6-8-17(9-7-16)22-15(4)25/h5-11,14,21H,1-4H3,(H,22,25)(H2,23,24,26,27). The molecule has 0 aliphatic rings. The van der Waals surface area contributed by atoms with Crippen molar-refractivity contribution in [3.63, 3.8) is 0 Å². The highest BCUT2D eigenvalue weighted by atomic mass is 16.2. The molecule has 27 heavy (non-hydrogen) atoms. The molecule has 0 aliphatic heterocycles. The van der Waals surface area contributed by atoms with E-state index < -0.39 is 18.0 Å². The third kappa shape index (κ3) is 6.14. The van der Waals surface area contributed by atoms with Gasteiger partial charge in [-0.1, -0.05) is 17.7 Å². The number of benzene rings is 2. The Bertz CT molecular complexity index is 847. The summed E-state index contributed by atoms with van der Waals surface area (Å²) in [7, 11) is 0. The fourth-order valence-corrected chi connectivity index (χ4v) is 2.50. The Labute approximate surface area is 158 Å². The summed E-state index contributed by atoms with van der Waals surface area (Å²) >= 11 is 0. The fourth-order valence-electron chi connectivity index (χ4n) is 2.50. The summed E-state index contributed by atoms with van der Waals surface area (Å²) in [4.78, 5) is 35.3. The number of imide groups is 1. The van der Waals surface area contributed by atoms with Gasteiger partial charge in [-0.3, -0.25) is 14.9 Å². The molecule has 2 aromatic carbocycles. The minimum Gasteiger partial charge on any atom is -0.374 e. The number of urea groups is 1. The van der Waals surface area contributed by atoms with E-state index in [1.54, 1.807) is 37.3 Å². The summed E-state index contributed by atoms with van der Waals surface area (Å²) in [6.07, 6.45) is 0. The molecule has 7 nitrogen and oxygen atoms in total. The van der Waals surface area contributed by atoms with E-state index in [0.29, 0.717) is 17.1 Å². The highest BCUT2D eigenvalue weighted by Crippen LogP contribution is 2.16. The average molecular weight is 368 g/mol. The maximum atomic E-state index is 12.2. The van der Waals surface area contributed by atoms with E-state index in [1.807, 2.05) is 26.0 Å². The van der Waals surface area contributed by atoms with Crippen LogP contribution in [0.2, 0.25) is 0 Å². The zero-order chi connectivity index (χ0) is 20.0. The summed E-state index contributed by atoms with van der Waals surface area (Å²) in [5, 5.41) is 10.7. The number of carbonyl (C=O) groups excluding carboxylic acids is 3. The lowest BCUT2D eigenvalue weighted by Crippen LogP contribution is -2.43. The van der Waals surface area contributed by atoms with Crippen molar-refractivity contribution >= 4 is 34.9 Å². The first-order valence-electron chi connectivity index (χ1n) is 8.58. The van der Waals surface area contributed by atoms with Crippen LogP contribution in [-0.2, 0) is 9.59 Å². The van der Waals surface area contributed by atoms with Crippen molar-refractivity contribution < 1.29 is 14.4 Å². The Kier molecular flexibility index (Phi) is 6.54. The number of anilines is 3. The fraction of sp³-hybridized carbons (Fsp3) is 0.250. The molecule has 142 valence electrons. The van der Waals surface area contributed by atoms with Gasteiger partial charge in [-0.25, -0.2) is 4.79 Å². The first-order chi connectivity index (χ1) is 12.7. The summed E-state index contributed by atoms with van der Waals surface area (Å²) in [5.41, 5.74) is 4.03. The molecule has 1 unspecified atom stereocenters. The third-order valence-corrected chi connectivity index (χ3v) is 3.85. The minimum absolute atomic E-state index is 0.154. The third-order valence-electron chi connectivity index (χ3n) is 3.85. The van der Waals surface area contributed by atoms with Crippen molar-refractivity contribution in [2.24, 2.45) is 0 Å². The molecule has 0 saturated carbocycles. The van der Waals surface area contributed by atoms with E-state index in [2.05, 4.69) is 21.3 Å². The van der Waals surface area contributed by atoms with E-state index in [0.717, 1.165) is 11.1 Å². The number of amides is 4. The largest absolute Gasteiger partial charge is 0.374 e. The predicted octanol–water partition coefficient (Wildman–Crippen LogP) is 3.41. The number of hydrogen-bond acceptors (Lipinski definition) is 4. The van der Waals surface area contributed by atoms with Gasteiger partial charge in [-0.15, -0.1) is 0 Å². The average Bonchev–Trinajstić information content (AvgIpc) is 2.58. The lowest BCUT2D eigenvalue weighted by atomic mass is 10.1. The van der Waals surface area contributed by atoms with Gasteiger partial charge < -0.3 is 16.0 Å². The number of nitrogens with one attached hydrogen (secondary N) is 4. The lowest BCUT2D eigenvalue weighted by molar-refractivity contribution is -0.120. The summed E-state index contributed by atoms with van der Waals surface area (Å²) in [6, 6.07) is 11.4. The normalized spacial score (nSPS) is 11.3. The second-order valence-electron chi connectivity index (χ2n) is 6.39. The summed E-state index contributed by atoms with van der Waals surface area (Å²) in [6.45, 7) is 6.94. The molecule has 1 atom stereocenters. The van der Waals surface area contributed by atoms with Crippen molar-refractivity contribution in [2.75, 3.05) is 16.0 Å². The van der Waals surface area contributed by atoms with E-state index in [4.69, 9.17) is 0 Å². The van der Waals surface area contributed by atoms with Crippen LogP contribution in [0.5, 0.6) is 0 Å². The Morgan fingerprint density at radius 1 is 0.889 bits per heavy atom. The van der Waals surface area contributed by atoms with Crippen LogP contribution in [0.25, 0.3) is 0 Å². The van der Waals surface area contributed by atoms with E-state index in [9.17, 15) is 14.4 Å². The summed E-state index contributed by atoms with van der Waals surface area (Å²) in [5.74, 6) is -0.610. The van der Waals surface area contributed by atoms with E-state index in [-0.39, 0.29) is 5.91 Å². The highest BCUT2D eigenvalue weighted by molar-refractivity contribution is 6.03. The van der Waals surface area contributed by atoms with Gasteiger partial charge in [0.05, 0.1) is 0 Å². The zero-order valence-corrected chi connectivity index (χ0v) is 15.8. The van der Waals surface area contributed by atoms with Gasteiger partial charge in [0.2, 0.25) is 11.8 Å². The topological polar surface area (TPSA) is 99.3 Å². The van der Waals surface area contributed by atoms with Crippen LogP contribution in [-0.4, -0.2) is 23.9 Å². The molecule has 0 heterocycles. The van der Waals surface area contributed by atoms with Gasteiger partial charge in [0.25, 0.3) is 0 Å². The second kappa shape index (κ2) is 8.84. The molecular weight excluding hydrogens is 344 g/mol. The lowest BCUT2D eigenvalue weighted by Gasteiger charge is -2.16. The first-order valence-corrected chi connectivity index (χ1v) is 8.58. The van der Waals surface area contributed by atoms with Gasteiger partial charge in [0.15, 0.2) is 0 Å². The molecule has 4 amide bonds. The van der Waals surface area contributed by atoms with Crippen LogP contribution in [0.1, 0.15) is 25.0 Å². The smallest absolute Gasteiger partial charge is 0.325 e. The van der Waals surface area contributed by atoms with E-state index in [1.165, 1.54) is 6.92 Å². The molecule has 4 N–H and O–H groups in total. The van der Waals surface area contributed by atoms with Crippen molar-refractivity contribution in [3.8, 4) is 0 Å². The number of aryl methyl sites for hydroxylation is 2. The Hall–Kier alpha value is -3.35. The van der Waals surface area contributed by atoms with Crippen LogP contribution in [0.3, 0.4) is 0 Å². The van der Waals surface area contributed by atoms with Crippen LogP contribution >= 0.6 is 0 Å². The molecule has 0 spiro atoms. The maximum absolute atomic E-state index is 12.2. The molecule has 0 radical (unpaired) electrons. The van der Waals surface area contributed by atoms with E-state index >= 15 is 0 Å². The van der Waals surface area contributed by atoms with Gasteiger partial charge in [-0.05, 0) is 56.7 Å². The molecule has 0 saturated heterocycles. The van der Waals surface area contributed by atoms with Crippen LogP contribution in [0, 0.1) is 13.8 Å². The maximum Gasteiger partial charge on any atom is 0.325 e. The molecule has 0 fully saturated rings. The zero-order valence-electron chi connectivity index (χ0n) is 15.8. The van der Waals surface area contributed by atoms with Crippen LogP contribution in [0.4, 0.5) is 21.9 Å². The number of hydrogen-bond donors (Lipinski definition) is 4. The van der Waals surface area contributed by atoms with Crippen molar-refractivity contribution in [3.05, 3.63) is 53.6 Å². The number of carbonyl (C=O) groups is 3. The van der Waals surface area contributed by atoms with Gasteiger partial charge >= 0.3 is 6.03 Å². The molecular formula is C20H24N4O3. The Morgan fingerprint density at radius 3 is 2.11 bits per heavy atom. The molecule has 0 aliphatic carbocycles.